The Morgan fingerprint density at radius 1 is 1.35 bits per heavy atom. The van der Waals surface area contributed by atoms with Gasteiger partial charge in [-0.15, -0.1) is 0 Å². The van der Waals surface area contributed by atoms with Crippen LogP contribution in [0.3, 0.4) is 0 Å². The Hall–Kier alpha value is -3.07. The fourth-order valence-corrected chi connectivity index (χ4v) is 1.94. The molecule has 1 aliphatic heterocycles. The second kappa shape index (κ2) is 4.90. The van der Waals surface area contributed by atoms with Crippen LogP contribution in [-0.2, 0) is 6.67 Å². The van der Waals surface area contributed by atoms with Crippen LogP contribution < -0.4 is 5.32 Å². The first-order chi connectivity index (χ1) is 9.76. The number of rotatable bonds is 2. The molecule has 1 aromatic carbocycles. The van der Waals surface area contributed by atoms with Crippen molar-refractivity contribution in [1.82, 2.24) is 14.5 Å². The Balaban J connectivity index is 1.80. The number of hydrogen-bond donors (Lipinski definition) is 1. The maximum absolute atomic E-state index is 12.1. The molecule has 0 atom stereocenters. The molecule has 3 rings (SSSR count). The number of carbonyl (C=O) groups is 1. The van der Waals surface area contributed by atoms with Gasteiger partial charge in [-0.25, -0.2) is 4.98 Å². The smallest absolute Gasteiger partial charge is 0.275 e. The molecule has 6 heteroatoms. The van der Waals surface area contributed by atoms with Gasteiger partial charge in [-0.1, -0.05) is 18.2 Å². The van der Waals surface area contributed by atoms with E-state index in [2.05, 4.69) is 10.3 Å². The summed E-state index contributed by atoms with van der Waals surface area (Å²) in [5.41, 5.74) is 1.05. The number of anilines is 1. The summed E-state index contributed by atoms with van der Waals surface area (Å²) in [4.78, 5) is 17.8. The summed E-state index contributed by atoms with van der Waals surface area (Å²) in [5.74, 6) is 0.393. The number of aromatic nitrogens is 2. The van der Waals surface area contributed by atoms with Gasteiger partial charge in [0.05, 0.1) is 0 Å². The molecule has 2 heterocycles. The van der Waals surface area contributed by atoms with Crippen LogP contribution in [-0.4, -0.2) is 20.4 Å². The first-order valence-electron chi connectivity index (χ1n) is 6.04. The van der Waals surface area contributed by atoms with Crippen molar-refractivity contribution in [3.05, 3.63) is 54.2 Å². The highest BCUT2D eigenvalue weighted by Crippen LogP contribution is 2.14. The summed E-state index contributed by atoms with van der Waals surface area (Å²) >= 11 is 0. The van der Waals surface area contributed by atoms with Crippen molar-refractivity contribution < 1.29 is 4.79 Å². The van der Waals surface area contributed by atoms with Gasteiger partial charge in [0.15, 0.2) is 6.19 Å². The second-order valence-corrected chi connectivity index (χ2v) is 4.30. The third kappa shape index (κ3) is 2.24. The fraction of sp³-hybridized carbons (Fsp3) is 0.0714. The third-order valence-electron chi connectivity index (χ3n) is 2.91. The molecule has 1 N–H and O–H groups in total. The summed E-state index contributed by atoms with van der Waals surface area (Å²) in [7, 11) is 0. The van der Waals surface area contributed by atoms with Gasteiger partial charge in [-0.2, -0.15) is 5.26 Å². The van der Waals surface area contributed by atoms with E-state index in [-0.39, 0.29) is 5.91 Å². The van der Waals surface area contributed by atoms with Crippen molar-refractivity contribution in [3.63, 3.8) is 0 Å². The van der Waals surface area contributed by atoms with Gasteiger partial charge in [0.25, 0.3) is 5.91 Å². The molecule has 1 aromatic heterocycles. The van der Waals surface area contributed by atoms with Crippen LogP contribution in [0.1, 0.15) is 16.3 Å². The first kappa shape index (κ1) is 12.0. The Morgan fingerprint density at radius 2 is 2.15 bits per heavy atom. The van der Waals surface area contributed by atoms with E-state index in [9.17, 15) is 4.79 Å². The Morgan fingerprint density at radius 3 is 2.90 bits per heavy atom. The Bertz CT molecular complexity index is 711. The predicted octanol–water partition coefficient (Wildman–Crippen LogP) is 1.86. The average molecular weight is 265 g/mol. The van der Waals surface area contributed by atoms with E-state index in [0.717, 1.165) is 5.69 Å². The monoisotopic (exact) mass is 265 g/mol. The molecular weight excluding hydrogens is 254 g/mol. The highest BCUT2D eigenvalue weighted by atomic mass is 16.1. The molecular formula is C14H11N5O. The number of carbonyl (C=O) groups excluding carboxylic acids is 1. The highest BCUT2D eigenvalue weighted by molar-refractivity contribution is 6.02. The summed E-state index contributed by atoms with van der Waals surface area (Å²) in [6, 6.07) is 9.20. The van der Waals surface area contributed by atoms with Crippen LogP contribution in [0, 0.1) is 11.5 Å². The van der Waals surface area contributed by atoms with E-state index in [1.165, 1.54) is 4.90 Å². The summed E-state index contributed by atoms with van der Waals surface area (Å²) in [5, 5.41) is 11.6. The first-order valence-corrected chi connectivity index (χ1v) is 6.04. The number of nitriles is 1. The molecule has 0 saturated carbocycles. The summed E-state index contributed by atoms with van der Waals surface area (Å²) in [6.07, 6.45) is 7.00. The van der Waals surface area contributed by atoms with Crippen molar-refractivity contribution in [2.75, 3.05) is 5.32 Å². The molecule has 6 nitrogen and oxygen atoms in total. The molecule has 0 aliphatic carbocycles. The number of nitrogens with one attached hydrogen (secondary N) is 1. The summed E-state index contributed by atoms with van der Waals surface area (Å²) in [6.45, 7) is 0.369. The molecule has 0 spiro atoms. The molecule has 0 saturated heterocycles. The topological polar surface area (TPSA) is 73.9 Å². The molecule has 20 heavy (non-hydrogen) atoms. The van der Waals surface area contributed by atoms with E-state index in [4.69, 9.17) is 5.26 Å². The molecule has 1 aliphatic rings. The van der Waals surface area contributed by atoms with Crippen LogP contribution in [0.2, 0.25) is 0 Å². The lowest BCUT2D eigenvalue weighted by Crippen LogP contribution is -2.19. The Labute approximate surface area is 115 Å². The van der Waals surface area contributed by atoms with E-state index < -0.39 is 0 Å². The lowest BCUT2D eigenvalue weighted by Gasteiger charge is -2.16. The van der Waals surface area contributed by atoms with Crippen LogP contribution in [0.15, 0.2) is 42.7 Å². The number of imidazole rings is 1. The van der Waals surface area contributed by atoms with Gasteiger partial charge < -0.3 is 9.88 Å². The number of hydrogen-bond acceptors (Lipinski definition) is 4. The van der Waals surface area contributed by atoms with Crippen molar-refractivity contribution >= 4 is 17.7 Å². The van der Waals surface area contributed by atoms with E-state index in [1.807, 2.05) is 36.5 Å². The molecule has 0 fully saturated rings. The van der Waals surface area contributed by atoms with Gasteiger partial charge in [0.2, 0.25) is 0 Å². The lowest BCUT2D eigenvalue weighted by molar-refractivity contribution is 0.102. The van der Waals surface area contributed by atoms with Gasteiger partial charge in [-0.3, -0.25) is 9.69 Å². The van der Waals surface area contributed by atoms with Gasteiger partial charge in [-0.05, 0) is 18.2 Å². The summed E-state index contributed by atoms with van der Waals surface area (Å²) < 4.78 is 1.75. The predicted molar refractivity (Wildman–Crippen MR) is 73.1 cm³/mol. The minimum absolute atomic E-state index is 0.269. The fourth-order valence-electron chi connectivity index (χ4n) is 1.94. The largest absolute Gasteiger partial charge is 0.321 e. The normalized spacial score (nSPS) is 12.7. The standard InChI is InChI=1S/C14H11N5O/c15-9-18-7-6-13-17-12(8-19(13)10-18)14(20)16-11-4-2-1-3-5-11/h1-8H,10H2,(H,16,20). The van der Waals surface area contributed by atoms with Crippen molar-refractivity contribution in [1.29, 1.82) is 5.26 Å². The van der Waals surface area contributed by atoms with Crippen LogP contribution in [0.5, 0.6) is 0 Å². The molecule has 0 unspecified atom stereocenters. The third-order valence-corrected chi connectivity index (χ3v) is 2.91. The average Bonchev–Trinajstić information content (AvgIpc) is 2.91. The minimum Gasteiger partial charge on any atom is -0.321 e. The van der Waals surface area contributed by atoms with Gasteiger partial charge in [0, 0.05) is 18.1 Å². The van der Waals surface area contributed by atoms with E-state index in [0.29, 0.717) is 18.2 Å². The lowest BCUT2D eigenvalue weighted by atomic mass is 10.3. The second-order valence-electron chi connectivity index (χ2n) is 4.30. The number of fused-ring (bicyclic) bond motifs is 1. The Kier molecular flexibility index (Phi) is 2.94. The van der Waals surface area contributed by atoms with E-state index in [1.54, 1.807) is 23.0 Å². The number of benzene rings is 1. The van der Waals surface area contributed by atoms with Gasteiger partial charge in [0.1, 0.15) is 18.2 Å². The SMILES string of the molecule is N#CN1C=Cc2nc(C(=O)Nc3ccccc3)cn2C1. The van der Waals surface area contributed by atoms with Crippen LogP contribution >= 0.6 is 0 Å². The zero-order chi connectivity index (χ0) is 13.9. The molecule has 1 amide bonds. The van der Waals surface area contributed by atoms with E-state index >= 15 is 0 Å². The van der Waals surface area contributed by atoms with Crippen molar-refractivity contribution in [2.24, 2.45) is 0 Å². The maximum Gasteiger partial charge on any atom is 0.275 e. The van der Waals surface area contributed by atoms with Crippen LogP contribution in [0.4, 0.5) is 5.69 Å². The molecule has 0 bridgehead atoms. The minimum atomic E-state index is -0.269. The highest BCUT2D eigenvalue weighted by Gasteiger charge is 2.16. The quantitative estimate of drug-likeness (QED) is 0.841. The number of nitrogens with zero attached hydrogens (tertiary/aromatic N) is 4. The number of para-hydroxylation sites is 1. The van der Waals surface area contributed by atoms with Gasteiger partial charge >= 0.3 is 0 Å². The van der Waals surface area contributed by atoms with Crippen LogP contribution in [0.25, 0.3) is 6.08 Å². The maximum atomic E-state index is 12.1. The zero-order valence-electron chi connectivity index (χ0n) is 10.5. The molecule has 2 aromatic rings. The molecule has 0 radical (unpaired) electrons. The number of amides is 1. The zero-order valence-corrected chi connectivity index (χ0v) is 10.5. The van der Waals surface area contributed by atoms with Crippen molar-refractivity contribution in [3.8, 4) is 6.19 Å². The molecule has 98 valence electrons. The van der Waals surface area contributed by atoms with Crippen molar-refractivity contribution in [2.45, 2.75) is 6.67 Å².